The van der Waals surface area contributed by atoms with Gasteiger partial charge in [0, 0.05) is 10.7 Å². The summed E-state index contributed by atoms with van der Waals surface area (Å²) in [6, 6.07) is 0. The van der Waals surface area contributed by atoms with Crippen molar-refractivity contribution in [3.05, 3.63) is 5.33 Å². The predicted octanol–water partition coefficient (Wildman–Crippen LogP) is 3.07. The summed E-state index contributed by atoms with van der Waals surface area (Å²) in [7, 11) is 0. The summed E-state index contributed by atoms with van der Waals surface area (Å²) in [5, 5.41) is 2.06. The van der Waals surface area contributed by atoms with Crippen LogP contribution in [0.15, 0.2) is 0 Å². The first-order valence-electron chi connectivity index (χ1n) is 5.90. The Hall–Kier alpha value is -0.0900. The molecule has 0 aromatic rings. The monoisotopic (exact) mass is 291 g/mol. The fraction of sp³-hybridized carbons (Fsp3) is 0.833. The van der Waals surface area contributed by atoms with Crippen LogP contribution in [0.3, 0.4) is 0 Å². The minimum Gasteiger partial charge on any atom is -0.464 e. The first-order chi connectivity index (χ1) is 7.72. The Morgan fingerprint density at radius 2 is 2.06 bits per heavy atom. The number of ether oxygens (including phenoxy) is 2. The highest BCUT2D eigenvalue weighted by Crippen LogP contribution is 2.40. The summed E-state index contributed by atoms with van der Waals surface area (Å²) < 4.78 is 10.3. The molecule has 0 aromatic heterocycles. The zero-order chi connectivity index (χ0) is 11.9. The summed E-state index contributed by atoms with van der Waals surface area (Å²) in [5.41, 5.74) is 0.116. The van der Waals surface area contributed by atoms with Crippen LogP contribution >= 0.6 is 15.9 Å². The van der Waals surface area contributed by atoms with Crippen LogP contribution in [0.4, 0.5) is 0 Å². The van der Waals surface area contributed by atoms with Gasteiger partial charge in [-0.25, -0.2) is 4.79 Å². The van der Waals surface area contributed by atoms with E-state index in [0.717, 1.165) is 12.8 Å². The van der Waals surface area contributed by atoms with Gasteiger partial charge in [-0.1, -0.05) is 35.2 Å². The van der Waals surface area contributed by atoms with Crippen LogP contribution in [-0.4, -0.2) is 25.8 Å². The molecule has 0 amide bonds. The molecule has 0 heterocycles. The summed E-state index contributed by atoms with van der Waals surface area (Å²) in [6.45, 7) is 2.89. The second-order valence-corrected chi connectivity index (χ2v) is 4.79. The molecule has 0 bridgehead atoms. The number of carbonyl (C=O) groups is 1. The minimum absolute atomic E-state index is 0.0659. The number of hydrogen-bond donors (Lipinski definition) is 0. The SMILES string of the molecule is CCOC(=O)COCC1([CH]Br)CCCCC1. The molecule has 1 rings (SSSR count). The fourth-order valence-corrected chi connectivity index (χ4v) is 2.67. The molecular weight excluding hydrogens is 272 g/mol. The lowest BCUT2D eigenvalue weighted by Crippen LogP contribution is -2.30. The van der Waals surface area contributed by atoms with Gasteiger partial charge in [-0.05, 0) is 19.8 Å². The van der Waals surface area contributed by atoms with Gasteiger partial charge in [-0.3, -0.25) is 0 Å². The molecule has 0 aliphatic heterocycles. The standard InChI is InChI=1S/C12H20BrO3/c1-2-16-11(14)8-15-10-12(9-13)6-4-3-5-7-12/h9H,2-8,10H2,1H3. The molecule has 0 saturated heterocycles. The fourth-order valence-electron chi connectivity index (χ4n) is 2.08. The molecule has 16 heavy (non-hydrogen) atoms. The molecular formula is C12H20BrO3. The van der Waals surface area contributed by atoms with Crippen molar-refractivity contribution in [1.29, 1.82) is 0 Å². The molecule has 3 nitrogen and oxygen atoms in total. The van der Waals surface area contributed by atoms with Gasteiger partial charge in [-0.2, -0.15) is 0 Å². The maximum absolute atomic E-state index is 11.1. The first-order valence-corrected chi connectivity index (χ1v) is 6.82. The average molecular weight is 292 g/mol. The topological polar surface area (TPSA) is 35.5 Å². The number of esters is 1. The van der Waals surface area contributed by atoms with Gasteiger partial charge in [-0.15, -0.1) is 0 Å². The average Bonchev–Trinajstić information content (AvgIpc) is 2.31. The highest BCUT2D eigenvalue weighted by molar-refractivity contribution is 9.10. The van der Waals surface area contributed by atoms with Crippen LogP contribution in [0, 0.1) is 10.7 Å². The van der Waals surface area contributed by atoms with Crippen molar-refractivity contribution < 1.29 is 14.3 Å². The van der Waals surface area contributed by atoms with Crippen LogP contribution in [0.5, 0.6) is 0 Å². The molecule has 93 valence electrons. The van der Waals surface area contributed by atoms with E-state index in [2.05, 4.69) is 21.3 Å². The number of hydrogen-bond acceptors (Lipinski definition) is 3. The van der Waals surface area contributed by atoms with Crippen LogP contribution in [-0.2, 0) is 14.3 Å². The first kappa shape index (κ1) is 14.0. The zero-order valence-electron chi connectivity index (χ0n) is 9.84. The Labute approximate surface area is 106 Å². The Morgan fingerprint density at radius 3 is 2.62 bits per heavy atom. The summed E-state index contributed by atoms with van der Waals surface area (Å²) in [6.07, 6.45) is 6.07. The van der Waals surface area contributed by atoms with E-state index in [1.807, 2.05) is 0 Å². The van der Waals surface area contributed by atoms with Crippen LogP contribution in [0.2, 0.25) is 0 Å². The van der Waals surface area contributed by atoms with E-state index >= 15 is 0 Å². The zero-order valence-corrected chi connectivity index (χ0v) is 11.4. The maximum Gasteiger partial charge on any atom is 0.332 e. The van der Waals surface area contributed by atoms with Crippen molar-refractivity contribution >= 4 is 21.9 Å². The molecule has 0 aromatic carbocycles. The molecule has 0 spiro atoms. The van der Waals surface area contributed by atoms with Gasteiger partial charge in [0.05, 0.1) is 13.2 Å². The van der Waals surface area contributed by atoms with E-state index in [9.17, 15) is 4.79 Å². The normalized spacial score (nSPS) is 19.4. The van der Waals surface area contributed by atoms with Crippen LogP contribution in [0.25, 0.3) is 0 Å². The van der Waals surface area contributed by atoms with Crippen molar-refractivity contribution in [3.8, 4) is 0 Å². The summed E-state index contributed by atoms with van der Waals surface area (Å²) >= 11 is 3.44. The van der Waals surface area contributed by atoms with E-state index < -0.39 is 0 Å². The third-order valence-corrected chi connectivity index (χ3v) is 3.97. The highest BCUT2D eigenvalue weighted by atomic mass is 79.9. The molecule has 1 aliphatic rings. The van der Waals surface area contributed by atoms with Crippen LogP contribution < -0.4 is 0 Å². The lowest BCUT2D eigenvalue weighted by atomic mass is 9.76. The maximum atomic E-state index is 11.1. The minimum atomic E-state index is -0.275. The van der Waals surface area contributed by atoms with Crippen molar-refractivity contribution in [2.75, 3.05) is 19.8 Å². The smallest absolute Gasteiger partial charge is 0.332 e. The third kappa shape index (κ3) is 4.42. The number of halogens is 1. The van der Waals surface area contributed by atoms with Gasteiger partial charge < -0.3 is 9.47 Å². The molecule has 1 fully saturated rings. The largest absolute Gasteiger partial charge is 0.464 e. The molecule has 1 radical (unpaired) electrons. The van der Waals surface area contributed by atoms with Gasteiger partial charge in [0.25, 0.3) is 0 Å². The van der Waals surface area contributed by atoms with E-state index in [1.165, 1.54) is 19.3 Å². The molecule has 4 heteroatoms. The molecule has 0 atom stereocenters. The number of rotatable bonds is 6. The molecule has 0 unspecified atom stereocenters. The predicted molar refractivity (Wildman–Crippen MR) is 66.2 cm³/mol. The van der Waals surface area contributed by atoms with Gasteiger partial charge in [0.1, 0.15) is 6.61 Å². The van der Waals surface area contributed by atoms with Gasteiger partial charge in [0.2, 0.25) is 0 Å². The second kappa shape index (κ2) is 7.28. The van der Waals surface area contributed by atoms with Crippen LogP contribution in [0.1, 0.15) is 39.0 Å². The summed E-state index contributed by atoms with van der Waals surface area (Å²) in [5.74, 6) is -0.275. The summed E-state index contributed by atoms with van der Waals surface area (Å²) in [4.78, 5) is 11.1. The molecule has 1 aliphatic carbocycles. The van der Waals surface area contributed by atoms with Crippen molar-refractivity contribution in [2.24, 2.45) is 5.41 Å². The van der Waals surface area contributed by atoms with E-state index in [0.29, 0.717) is 13.2 Å². The van der Waals surface area contributed by atoms with Gasteiger partial charge >= 0.3 is 5.97 Å². The lowest BCUT2D eigenvalue weighted by Gasteiger charge is -2.34. The lowest BCUT2D eigenvalue weighted by molar-refractivity contribution is -0.149. The third-order valence-electron chi connectivity index (χ3n) is 3.00. The van der Waals surface area contributed by atoms with Crippen molar-refractivity contribution in [1.82, 2.24) is 0 Å². The molecule has 1 saturated carbocycles. The quantitative estimate of drug-likeness (QED) is 0.706. The Bertz CT molecular complexity index is 212. The Balaban J connectivity index is 2.25. The Kier molecular flexibility index (Phi) is 6.36. The van der Waals surface area contributed by atoms with E-state index in [-0.39, 0.29) is 18.0 Å². The number of carbonyl (C=O) groups excluding carboxylic acids is 1. The van der Waals surface area contributed by atoms with Crippen molar-refractivity contribution in [2.45, 2.75) is 39.0 Å². The van der Waals surface area contributed by atoms with E-state index in [4.69, 9.17) is 9.47 Å². The Morgan fingerprint density at radius 1 is 1.38 bits per heavy atom. The molecule has 0 N–H and O–H groups in total. The highest BCUT2D eigenvalue weighted by Gasteiger charge is 2.31. The van der Waals surface area contributed by atoms with E-state index in [1.54, 1.807) is 6.92 Å². The second-order valence-electron chi connectivity index (χ2n) is 4.33. The van der Waals surface area contributed by atoms with Crippen molar-refractivity contribution in [3.63, 3.8) is 0 Å². The van der Waals surface area contributed by atoms with Gasteiger partial charge in [0.15, 0.2) is 0 Å².